The van der Waals surface area contributed by atoms with Crippen LogP contribution in [0.15, 0.2) is 170 Å². The molecule has 4 aliphatic rings. The van der Waals surface area contributed by atoms with Crippen LogP contribution in [-0.2, 0) is 25.7 Å². The lowest BCUT2D eigenvalue weighted by Crippen LogP contribution is -2.48. The lowest BCUT2D eigenvalue weighted by Gasteiger charge is -2.38. The van der Waals surface area contributed by atoms with Crippen LogP contribution in [0.25, 0.3) is 23.5 Å². The highest BCUT2D eigenvalue weighted by Crippen LogP contribution is 2.34. The molecule has 2 atom stereocenters. The third-order valence-electron chi connectivity index (χ3n) is 15.4. The van der Waals surface area contributed by atoms with E-state index in [1.165, 1.54) is 70.2 Å². The van der Waals surface area contributed by atoms with Gasteiger partial charge in [-0.25, -0.2) is 0 Å². The predicted octanol–water partition coefficient (Wildman–Crippen LogP) is 9.92. The number of tetrazole rings is 2. The summed E-state index contributed by atoms with van der Waals surface area (Å²) in [5.74, 6) is 1.81. The second kappa shape index (κ2) is 24.2. The zero-order valence-electron chi connectivity index (χ0n) is 42.6. The highest BCUT2D eigenvalue weighted by molar-refractivity contribution is 5.51. The molecule has 376 valence electrons. The molecule has 0 N–H and O–H groups in total. The summed E-state index contributed by atoms with van der Waals surface area (Å²) >= 11 is 0. The fraction of sp³-hybridized carbons (Fsp3) is 0.323. The molecule has 2 aliphatic heterocycles. The molecule has 12 nitrogen and oxygen atoms in total. The van der Waals surface area contributed by atoms with Crippen molar-refractivity contribution in [1.29, 1.82) is 0 Å². The maximum atomic E-state index is 4.63. The second-order valence-electron chi connectivity index (χ2n) is 20.1. The first-order chi connectivity index (χ1) is 36.7. The monoisotopic (exact) mass is 981 g/mol. The van der Waals surface area contributed by atoms with Crippen LogP contribution in [-0.4, -0.2) is 125 Å². The number of hydrogen-bond acceptors (Lipinski definition) is 10. The molecule has 8 aromatic rings. The van der Waals surface area contributed by atoms with Gasteiger partial charge in [0.25, 0.3) is 0 Å². The van der Waals surface area contributed by atoms with Crippen molar-refractivity contribution in [1.82, 2.24) is 60.0 Å². The van der Waals surface area contributed by atoms with Crippen molar-refractivity contribution >= 4 is 12.2 Å². The van der Waals surface area contributed by atoms with E-state index >= 15 is 0 Å². The molecule has 0 bridgehead atoms. The van der Waals surface area contributed by atoms with Crippen LogP contribution in [0, 0.1) is 0 Å². The molecule has 12 rings (SSSR count). The third kappa shape index (κ3) is 11.6. The minimum atomic E-state index is 0.0117. The Labute approximate surface area is 436 Å². The molecular formula is C62H68N12. The lowest BCUT2D eigenvalue weighted by molar-refractivity contribution is 0.113. The molecule has 2 aliphatic carbocycles. The van der Waals surface area contributed by atoms with Crippen molar-refractivity contribution in [2.45, 2.75) is 63.5 Å². The summed E-state index contributed by atoms with van der Waals surface area (Å²) in [5.41, 5.74) is 13.0. The largest absolute Gasteiger partial charge is 0.297 e. The number of aromatic nitrogens is 8. The van der Waals surface area contributed by atoms with E-state index in [0.717, 1.165) is 114 Å². The van der Waals surface area contributed by atoms with Gasteiger partial charge in [-0.1, -0.05) is 170 Å². The van der Waals surface area contributed by atoms with Gasteiger partial charge in [0.1, 0.15) is 0 Å². The Morgan fingerprint density at radius 2 is 0.770 bits per heavy atom. The van der Waals surface area contributed by atoms with E-state index in [1.54, 1.807) is 0 Å². The van der Waals surface area contributed by atoms with Crippen molar-refractivity contribution in [3.8, 4) is 11.4 Å². The molecule has 0 unspecified atom stereocenters. The summed E-state index contributed by atoms with van der Waals surface area (Å²) in [6.07, 6.45) is 18.4. The molecule has 6 aromatic carbocycles. The van der Waals surface area contributed by atoms with E-state index in [1.807, 2.05) is 9.36 Å². The van der Waals surface area contributed by atoms with Gasteiger partial charge in [0.2, 0.25) is 0 Å². The van der Waals surface area contributed by atoms with Crippen molar-refractivity contribution in [3.63, 3.8) is 0 Å². The fourth-order valence-electron chi connectivity index (χ4n) is 11.5. The minimum Gasteiger partial charge on any atom is -0.297 e. The van der Waals surface area contributed by atoms with Gasteiger partial charge in [0, 0.05) is 65.4 Å². The maximum Gasteiger partial charge on any atom is 0.178 e. The number of piperazine rings is 2. The van der Waals surface area contributed by atoms with Crippen molar-refractivity contribution in [2.75, 3.05) is 65.4 Å². The Morgan fingerprint density at radius 1 is 0.392 bits per heavy atom. The van der Waals surface area contributed by atoms with Crippen molar-refractivity contribution in [3.05, 3.63) is 226 Å². The summed E-state index contributed by atoms with van der Waals surface area (Å²) in [5, 5.41) is 26.7. The first-order valence-electron chi connectivity index (χ1n) is 27.0. The number of fused-ring (bicyclic) bond motifs is 2. The topological polar surface area (TPSA) is 100 Å². The number of nitrogens with zero attached hydrogens (tertiary/aromatic N) is 12. The number of aryl methyl sites for hydroxylation is 2. The Bertz CT molecular complexity index is 2850. The van der Waals surface area contributed by atoms with Crippen LogP contribution in [0.4, 0.5) is 0 Å². The van der Waals surface area contributed by atoms with Gasteiger partial charge in [0.05, 0.1) is 23.5 Å². The number of rotatable bonds is 14. The summed E-state index contributed by atoms with van der Waals surface area (Å²) in [4.78, 5) is 10.1. The van der Waals surface area contributed by atoms with Crippen LogP contribution in [0.1, 0.15) is 93.9 Å². The van der Waals surface area contributed by atoms with Crippen molar-refractivity contribution in [2.24, 2.45) is 0 Å². The summed E-state index contributed by atoms with van der Waals surface area (Å²) in [7, 11) is 0. The van der Waals surface area contributed by atoms with Crippen LogP contribution in [0.5, 0.6) is 0 Å². The molecule has 0 amide bonds. The molecule has 74 heavy (non-hydrogen) atoms. The molecule has 2 aromatic heterocycles. The van der Waals surface area contributed by atoms with Crippen LogP contribution >= 0.6 is 0 Å². The van der Waals surface area contributed by atoms with Gasteiger partial charge in [0.15, 0.2) is 11.6 Å². The Hall–Kier alpha value is -7.22. The average Bonchev–Trinajstić information content (AvgIpc) is 4.16. The van der Waals surface area contributed by atoms with E-state index < -0.39 is 0 Å². The van der Waals surface area contributed by atoms with Gasteiger partial charge in [-0.15, -0.1) is 10.2 Å². The van der Waals surface area contributed by atoms with E-state index in [0.29, 0.717) is 0 Å². The summed E-state index contributed by atoms with van der Waals surface area (Å²) in [6, 6.07) is 55.7. The average molecular weight is 981 g/mol. The SMILES string of the molecule is C(=C\c1ccccc1)/CN1CCN([C@@H](c2ccccc2)c2nnnn2-c2cccc3c2CCCC3)CC1.C(=C\c1ccccc1)/CN1CCN([C@H](c2ccccc2)c2nnnn2-c2cccc3c2CCCC3)CC1. The normalized spacial score (nSPS) is 17.6. The molecule has 0 radical (unpaired) electrons. The third-order valence-corrected chi connectivity index (χ3v) is 15.4. The number of hydrogen-bond donors (Lipinski definition) is 0. The molecule has 4 heterocycles. The van der Waals surface area contributed by atoms with E-state index in [2.05, 4.69) is 233 Å². The summed E-state index contributed by atoms with van der Waals surface area (Å²) < 4.78 is 4.02. The zero-order chi connectivity index (χ0) is 49.7. The van der Waals surface area contributed by atoms with Crippen LogP contribution in [0.3, 0.4) is 0 Å². The highest BCUT2D eigenvalue weighted by atomic mass is 15.6. The van der Waals surface area contributed by atoms with Gasteiger partial charge in [-0.3, -0.25) is 19.6 Å². The first kappa shape index (κ1) is 49.0. The van der Waals surface area contributed by atoms with Gasteiger partial charge >= 0.3 is 0 Å². The quantitative estimate of drug-likeness (QED) is 0.105. The zero-order valence-corrected chi connectivity index (χ0v) is 42.6. The Morgan fingerprint density at radius 3 is 1.18 bits per heavy atom. The molecule has 2 saturated heterocycles. The van der Waals surface area contributed by atoms with E-state index in [9.17, 15) is 0 Å². The fourth-order valence-corrected chi connectivity index (χ4v) is 11.5. The first-order valence-corrected chi connectivity index (χ1v) is 27.0. The van der Waals surface area contributed by atoms with Crippen LogP contribution in [0.2, 0.25) is 0 Å². The van der Waals surface area contributed by atoms with Gasteiger partial charge < -0.3 is 0 Å². The van der Waals surface area contributed by atoms with Crippen LogP contribution < -0.4 is 0 Å². The maximum absolute atomic E-state index is 4.63. The predicted molar refractivity (Wildman–Crippen MR) is 295 cm³/mol. The molecule has 12 heteroatoms. The Balaban J connectivity index is 0.000000159. The van der Waals surface area contributed by atoms with Gasteiger partial charge in [-0.05, 0) is 129 Å². The smallest absolute Gasteiger partial charge is 0.178 e. The lowest BCUT2D eigenvalue weighted by atomic mass is 9.90. The molecular weight excluding hydrogens is 913 g/mol. The molecule has 2 fully saturated rings. The second-order valence-corrected chi connectivity index (χ2v) is 20.1. The van der Waals surface area contributed by atoms with E-state index in [4.69, 9.17) is 0 Å². The molecule has 0 saturated carbocycles. The number of benzene rings is 6. The highest BCUT2D eigenvalue weighted by Gasteiger charge is 2.33. The van der Waals surface area contributed by atoms with Crippen molar-refractivity contribution < 1.29 is 0 Å². The minimum absolute atomic E-state index is 0.0117. The Kier molecular flexibility index (Phi) is 16.0. The molecule has 0 spiro atoms. The van der Waals surface area contributed by atoms with E-state index in [-0.39, 0.29) is 12.1 Å². The summed E-state index contributed by atoms with van der Waals surface area (Å²) in [6.45, 7) is 9.89. The standard InChI is InChI=1S/2C31H34N6/c2*1-3-11-25(12-4-1)13-10-20-35-21-23-36(24-22-35)30(27-15-5-2-6-16-27)31-32-33-34-37(31)29-19-9-17-26-14-7-8-18-28(26)29/h2*1-6,9-13,15-17,19,30H,7-8,14,18,20-24H2/b2*13-10+/t2*30-/m10/s1. The van der Waals surface area contributed by atoms with Gasteiger partial charge in [-0.2, -0.15) is 9.36 Å².